The lowest BCUT2D eigenvalue weighted by atomic mass is 9.92. The molecule has 0 heterocycles. The van der Waals surface area contributed by atoms with Crippen LogP contribution in [0.2, 0.25) is 0 Å². The van der Waals surface area contributed by atoms with Crippen molar-refractivity contribution in [2.75, 3.05) is 24.2 Å². The largest absolute Gasteiger partial charge is 0.493 e. The van der Waals surface area contributed by atoms with E-state index in [0.717, 1.165) is 42.6 Å². The lowest BCUT2D eigenvalue weighted by Gasteiger charge is -2.21. The molecule has 0 aromatic heterocycles. The lowest BCUT2D eigenvalue weighted by molar-refractivity contribution is 0.317. The summed E-state index contributed by atoms with van der Waals surface area (Å²) in [6.45, 7) is 8.48. The van der Waals surface area contributed by atoms with E-state index < -0.39 is 0 Å². The van der Waals surface area contributed by atoms with Gasteiger partial charge in [0.1, 0.15) is 5.75 Å². The van der Waals surface area contributed by atoms with Crippen LogP contribution in [0, 0.1) is 11.3 Å². The van der Waals surface area contributed by atoms with Crippen LogP contribution in [0.15, 0.2) is 18.2 Å². The van der Waals surface area contributed by atoms with Crippen LogP contribution in [0.4, 0.5) is 11.4 Å². The summed E-state index contributed by atoms with van der Waals surface area (Å²) in [5.74, 6) is 1.59. The van der Waals surface area contributed by atoms with Gasteiger partial charge in [0.15, 0.2) is 0 Å². The number of hydrogen-bond acceptors (Lipinski definition) is 3. The van der Waals surface area contributed by atoms with Gasteiger partial charge in [-0.25, -0.2) is 0 Å². The van der Waals surface area contributed by atoms with Gasteiger partial charge in [-0.15, -0.1) is 0 Å². The number of rotatable bonds is 7. The van der Waals surface area contributed by atoms with Crippen LogP contribution in [-0.4, -0.2) is 13.2 Å². The summed E-state index contributed by atoms with van der Waals surface area (Å²) < 4.78 is 5.65. The summed E-state index contributed by atoms with van der Waals surface area (Å²) in [4.78, 5) is 0. The zero-order valence-corrected chi connectivity index (χ0v) is 12.3. The highest BCUT2D eigenvalue weighted by Crippen LogP contribution is 2.51. The topological polar surface area (TPSA) is 47.3 Å². The highest BCUT2D eigenvalue weighted by Gasteiger charge is 2.44. The van der Waals surface area contributed by atoms with Gasteiger partial charge in [0, 0.05) is 30.1 Å². The Balaban J connectivity index is 1.98. The molecular weight excluding hydrogens is 236 g/mol. The Bertz CT molecular complexity index is 425. The first-order valence-electron chi connectivity index (χ1n) is 7.33. The van der Waals surface area contributed by atoms with E-state index in [-0.39, 0.29) is 0 Å². The maximum absolute atomic E-state index is 5.93. The van der Waals surface area contributed by atoms with E-state index in [1.165, 1.54) is 12.8 Å². The summed E-state index contributed by atoms with van der Waals surface area (Å²) in [6.07, 6.45) is 3.67. The normalized spacial score (nSPS) is 16.4. The first kappa shape index (κ1) is 14.0. The zero-order chi connectivity index (χ0) is 13.9. The number of hydrogen-bond donors (Lipinski definition) is 2. The van der Waals surface area contributed by atoms with Crippen molar-refractivity contribution in [1.29, 1.82) is 0 Å². The molecular formula is C16H26N2O. The van der Waals surface area contributed by atoms with Crippen molar-refractivity contribution in [3.63, 3.8) is 0 Å². The fourth-order valence-electron chi connectivity index (χ4n) is 2.42. The van der Waals surface area contributed by atoms with Crippen LogP contribution in [0.3, 0.4) is 0 Å². The molecule has 1 fully saturated rings. The third-order valence-corrected chi connectivity index (χ3v) is 4.16. The third kappa shape index (κ3) is 3.55. The highest BCUT2D eigenvalue weighted by atomic mass is 16.5. The van der Waals surface area contributed by atoms with Gasteiger partial charge in [-0.3, -0.25) is 0 Å². The number of benzene rings is 1. The van der Waals surface area contributed by atoms with Crippen LogP contribution < -0.4 is 15.8 Å². The second kappa shape index (κ2) is 5.72. The van der Waals surface area contributed by atoms with Gasteiger partial charge >= 0.3 is 0 Å². The molecule has 0 unspecified atom stereocenters. The SMILES string of the molecule is CCCOc1cc(N)cc(NCC2(C(C)C)CC2)c1. The van der Waals surface area contributed by atoms with Crippen molar-refractivity contribution in [2.24, 2.45) is 11.3 Å². The Labute approximate surface area is 116 Å². The van der Waals surface area contributed by atoms with Gasteiger partial charge < -0.3 is 15.8 Å². The average Bonchev–Trinajstić information content (AvgIpc) is 3.14. The van der Waals surface area contributed by atoms with E-state index >= 15 is 0 Å². The summed E-state index contributed by atoms with van der Waals surface area (Å²) in [5.41, 5.74) is 8.24. The first-order chi connectivity index (χ1) is 9.05. The summed E-state index contributed by atoms with van der Waals surface area (Å²) in [7, 11) is 0. The number of nitrogens with two attached hydrogens (primary N) is 1. The second-order valence-corrected chi connectivity index (χ2v) is 6.01. The molecule has 3 nitrogen and oxygen atoms in total. The van der Waals surface area contributed by atoms with Crippen molar-refractivity contribution in [3.05, 3.63) is 18.2 Å². The van der Waals surface area contributed by atoms with Crippen LogP contribution >= 0.6 is 0 Å². The van der Waals surface area contributed by atoms with Gasteiger partial charge in [0.05, 0.1) is 6.61 Å². The molecule has 3 N–H and O–H groups in total. The van der Waals surface area contributed by atoms with E-state index in [1.54, 1.807) is 0 Å². The van der Waals surface area contributed by atoms with E-state index in [4.69, 9.17) is 10.5 Å². The smallest absolute Gasteiger partial charge is 0.123 e. The lowest BCUT2D eigenvalue weighted by Crippen LogP contribution is -2.20. The second-order valence-electron chi connectivity index (χ2n) is 6.01. The van der Waals surface area contributed by atoms with Crippen LogP contribution in [0.25, 0.3) is 0 Å². The molecule has 1 aliphatic carbocycles. The predicted octanol–water partition coefficient (Wildman–Crippen LogP) is 3.91. The number of ether oxygens (including phenoxy) is 1. The molecule has 1 aliphatic rings. The van der Waals surface area contributed by atoms with Gasteiger partial charge in [-0.2, -0.15) is 0 Å². The molecule has 0 spiro atoms. The van der Waals surface area contributed by atoms with E-state index in [9.17, 15) is 0 Å². The van der Waals surface area contributed by atoms with Crippen molar-refractivity contribution in [3.8, 4) is 5.75 Å². The molecule has 2 rings (SSSR count). The van der Waals surface area contributed by atoms with Gasteiger partial charge in [0.2, 0.25) is 0 Å². The molecule has 0 saturated heterocycles. The maximum Gasteiger partial charge on any atom is 0.123 e. The molecule has 0 atom stereocenters. The summed E-state index contributed by atoms with van der Waals surface area (Å²) in [5, 5.41) is 3.53. The Kier molecular flexibility index (Phi) is 4.23. The Morgan fingerprint density at radius 3 is 2.63 bits per heavy atom. The third-order valence-electron chi connectivity index (χ3n) is 4.16. The molecule has 106 valence electrons. The van der Waals surface area contributed by atoms with Crippen LogP contribution in [0.5, 0.6) is 5.75 Å². The quantitative estimate of drug-likeness (QED) is 0.732. The van der Waals surface area contributed by atoms with Crippen LogP contribution in [-0.2, 0) is 0 Å². The molecule has 1 aromatic rings. The summed E-state index contributed by atoms with van der Waals surface area (Å²) >= 11 is 0. The minimum Gasteiger partial charge on any atom is -0.493 e. The fraction of sp³-hybridized carbons (Fsp3) is 0.625. The number of anilines is 2. The van der Waals surface area contributed by atoms with Crippen molar-refractivity contribution < 1.29 is 4.74 Å². The molecule has 1 saturated carbocycles. The summed E-state index contributed by atoms with van der Waals surface area (Å²) in [6, 6.07) is 5.91. The van der Waals surface area contributed by atoms with Gasteiger partial charge in [0.25, 0.3) is 0 Å². The minimum atomic E-state index is 0.495. The van der Waals surface area contributed by atoms with Gasteiger partial charge in [-0.1, -0.05) is 20.8 Å². The molecule has 1 aromatic carbocycles. The standard InChI is InChI=1S/C16H26N2O/c1-4-7-19-15-9-13(17)8-14(10-15)18-11-16(5-6-16)12(2)3/h8-10,12,18H,4-7,11,17H2,1-3H3. The first-order valence-corrected chi connectivity index (χ1v) is 7.33. The number of nitrogen functional groups attached to an aromatic ring is 1. The van der Waals surface area contributed by atoms with Gasteiger partial charge in [-0.05, 0) is 36.7 Å². The Morgan fingerprint density at radius 2 is 2.05 bits per heavy atom. The Hall–Kier alpha value is -1.38. The van der Waals surface area contributed by atoms with Crippen LogP contribution in [0.1, 0.15) is 40.0 Å². The van der Waals surface area contributed by atoms with E-state index in [1.807, 2.05) is 18.2 Å². The van der Waals surface area contributed by atoms with Crippen molar-refractivity contribution in [1.82, 2.24) is 0 Å². The molecule has 3 heteroatoms. The molecule has 19 heavy (non-hydrogen) atoms. The minimum absolute atomic E-state index is 0.495. The molecule has 0 bridgehead atoms. The molecule has 0 aliphatic heterocycles. The highest BCUT2D eigenvalue weighted by molar-refractivity contribution is 5.59. The van der Waals surface area contributed by atoms with Crippen molar-refractivity contribution in [2.45, 2.75) is 40.0 Å². The predicted molar refractivity (Wildman–Crippen MR) is 81.6 cm³/mol. The molecule has 0 amide bonds. The molecule has 0 radical (unpaired) electrons. The van der Waals surface area contributed by atoms with E-state index in [0.29, 0.717) is 5.41 Å². The van der Waals surface area contributed by atoms with E-state index in [2.05, 4.69) is 26.1 Å². The monoisotopic (exact) mass is 262 g/mol. The average molecular weight is 262 g/mol. The maximum atomic E-state index is 5.93. The number of nitrogens with one attached hydrogen (secondary N) is 1. The zero-order valence-electron chi connectivity index (χ0n) is 12.3. The van der Waals surface area contributed by atoms with Crippen molar-refractivity contribution >= 4 is 11.4 Å². The fourth-order valence-corrected chi connectivity index (χ4v) is 2.42. The Morgan fingerprint density at radius 1 is 1.32 bits per heavy atom.